The van der Waals surface area contributed by atoms with Crippen molar-refractivity contribution in [3.8, 4) is 17.2 Å². The molecule has 0 radical (unpaired) electrons. The monoisotopic (exact) mass is 348 g/mol. The Labute approximate surface area is 150 Å². The Morgan fingerprint density at radius 3 is 2.15 bits per heavy atom. The van der Waals surface area contributed by atoms with E-state index >= 15 is 0 Å². The molecule has 3 aromatic carbocycles. The number of hydrogen-bond donors (Lipinski definition) is 1. The maximum atomic E-state index is 12.9. The van der Waals surface area contributed by atoms with Gasteiger partial charge < -0.3 is 14.6 Å². The van der Waals surface area contributed by atoms with Crippen molar-refractivity contribution in [2.75, 3.05) is 7.11 Å². The molecule has 130 valence electrons. The Morgan fingerprint density at radius 1 is 0.808 bits per heavy atom. The Kier molecular flexibility index (Phi) is 4.99. The number of ether oxygens (including phenoxy) is 2. The summed E-state index contributed by atoms with van der Waals surface area (Å²) in [5.41, 5.74) is 0.633. The van der Waals surface area contributed by atoms with Gasteiger partial charge in [0.15, 0.2) is 5.78 Å². The number of benzene rings is 3. The molecule has 3 aromatic rings. The van der Waals surface area contributed by atoms with Gasteiger partial charge in [0.1, 0.15) is 17.2 Å². The fourth-order valence-electron chi connectivity index (χ4n) is 2.44. The zero-order valence-electron chi connectivity index (χ0n) is 14.0. The number of ketones is 1. The summed E-state index contributed by atoms with van der Waals surface area (Å²) in [4.78, 5) is 25.4. The number of aromatic hydroxyl groups is 1. The van der Waals surface area contributed by atoms with Crippen LogP contribution in [-0.2, 0) is 0 Å². The molecule has 0 spiro atoms. The molecular formula is C21H16O5. The van der Waals surface area contributed by atoms with Crippen LogP contribution in [0.5, 0.6) is 17.2 Å². The van der Waals surface area contributed by atoms with Crippen LogP contribution < -0.4 is 9.47 Å². The quantitative estimate of drug-likeness (QED) is 0.431. The van der Waals surface area contributed by atoms with Crippen LogP contribution in [-0.4, -0.2) is 24.0 Å². The normalized spacial score (nSPS) is 10.2. The lowest BCUT2D eigenvalue weighted by Crippen LogP contribution is -2.15. The first-order chi connectivity index (χ1) is 12.6. The number of phenols is 1. The second-order valence-electron chi connectivity index (χ2n) is 5.49. The first kappa shape index (κ1) is 17.2. The molecule has 0 atom stereocenters. The van der Waals surface area contributed by atoms with E-state index in [9.17, 15) is 14.7 Å². The molecule has 0 amide bonds. The molecule has 0 fully saturated rings. The Hall–Kier alpha value is -3.60. The van der Waals surface area contributed by atoms with Gasteiger partial charge in [0, 0.05) is 11.1 Å². The van der Waals surface area contributed by atoms with E-state index in [4.69, 9.17) is 9.47 Å². The topological polar surface area (TPSA) is 72.8 Å². The molecule has 5 nitrogen and oxygen atoms in total. The molecule has 0 heterocycles. The second kappa shape index (κ2) is 7.53. The molecule has 0 saturated carbocycles. The molecule has 0 aliphatic carbocycles. The van der Waals surface area contributed by atoms with Crippen LogP contribution in [0.4, 0.5) is 0 Å². The molecule has 3 rings (SSSR count). The number of hydrogen-bond acceptors (Lipinski definition) is 5. The van der Waals surface area contributed by atoms with Crippen molar-refractivity contribution in [3.05, 3.63) is 89.5 Å². The van der Waals surface area contributed by atoms with Gasteiger partial charge in [-0.2, -0.15) is 0 Å². The first-order valence-corrected chi connectivity index (χ1v) is 7.87. The van der Waals surface area contributed by atoms with Gasteiger partial charge in [-0.15, -0.1) is 0 Å². The molecule has 0 aliphatic heterocycles. The molecule has 1 N–H and O–H groups in total. The molecule has 0 aromatic heterocycles. The highest BCUT2D eigenvalue weighted by atomic mass is 16.5. The Balaban J connectivity index is 1.98. The van der Waals surface area contributed by atoms with Gasteiger partial charge in [-0.1, -0.05) is 18.2 Å². The Bertz CT molecular complexity index is 930. The summed E-state index contributed by atoms with van der Waals surface area (Å²) in [6.45, 7) is 0. The predicted octanol–water partition coefficient (Wildman–Crippen LogP) is 3.85. The summed E-state index contributed by atoms with van der Waals surface area (Å²) >= 11 is 0. The van der Waals surface area contributed by atoms with Crippen LogP contribution in [0.2, 0.25) is 0 Å². The molecule has 26 heavy (non-hydrogen) atoms. The van der Waals surface area contributed by atoms with E-state index in [1.807, 2.05) is 6.07 Å². The van der Waals surface area contributed by atoms with E-state index in [0.29, 0.717) is 17.1 Å². The first-order valence-electron chi connectivity index (χ1n) is 7.87. The van der Waals surface area contributed by atoms with Gasteiger partial charge in [-0.25, -0.2) is 4.79 Å². The van der Waals surface area contributed by atoms with E-state index in [1.54, 1.807) is 30.3 Å². The average molecular weight is 348 g/mol. The third kappa shape index (κ3) is 3.72. The van der Waals surface area contributed by atoms with Crippen molar-refractivity contribution in [1.29, 1.82) is 0 Å². The van der Waals surface area contributed by atoms with Crippen LogP contribution in [0, 0.1) is 0 Å². The number of rotatable bonds is 5. The van der Waals surface area contributed by atoms with Gasteiger partial charge in [0.05, 0.1) is 12.7 Å². The van der Waals surface area contributed by atoms with Crippen LogP contribution in [0.1, 0.15) is 26.3 Å². The van der Waals surface area contributed by atoms with Crippen molar-refractivity contribution in [2.24, 2.45) is 0 Å². The van der Waals surface area contributed by atoms with Crippen molar-refractivity contribution in [1.82, 2.24) is 0 Å². The summed E-state index contributed by atoms with van der Waals surface area (Å²) in [6.07, 6.45) is 0. The number of para-hydroxylation sites is 1. The minimum absolute atomic E-state index is 0.0518. The van der Waals surface area contributed by atoms with Crippen LogP contribution in [0.3, 0.4) is 0 Å². The van der Waals surface area contributed by atoms with E-state index in [2.05, 4.69) is 0 Å². The summed E-state index contributed by atoms with van der Waals surface area (Å²) in [7, 11) is 1.48. The Morgan fingerprint density at radius 2 is 1.50 bits per heavy atom. The SMILES string of the molecule is COc1ccc(C(=O)Oc2ccccc2)c(C(=O)c2ccc(O)cc2)c1. The zero-order valence-corrected chi connectivity index (χ0v) is 14.0. The average Bonchev–Trinajstić information content (AvgIpc) is 2.68. The highest BCUT2D eigenvalue weighted by molar-refractivity contribution is 6.15. The minimum atomic E-state index is -0.638. The summed E-state index contributed by atoms with van der Waals surface area (Å²) in [5, 5.41) is 9.39. The van der Waals surface area contributed by atoms with Gasteiger partial charge >= 0.3 is 5.97 Å². The lowest BCUT2D eigenvalue weighted by Gasteiger charge is -2.11. The predicted molar refractivity (Wildman–Crippen MR) is 95.9 cm³/mol. The standard InChI is InChI=1S/C21H16O5/c1-25-17-11-12-18(21(24)26-16-5-3-2-4-6-16)19(13-17)20(23)14-7-9-15(22)10-8-14/h2-13,22H,1H3. The van der Waals surface area contributed by atoms with Gasteiger partial charge in [0.25, 0.3) is 0 Å². The number of phenolic OH excluding ortho intramolecular Hbond substituents is 1. The second-order valence-corrected chi connectivity index (χ2v) is 5.49. The van der Waals surface area contributed by atoms with Crippen LogP contribution >= 0.6 is 0 Å². The number of esters is 1. The highest BCUT2D eigenvalue weighted by Gasteiger charge is 2.21. The molecule has 5 heteroatoms. The maximum Gasteiger partial charge on any atom is 0.344 e. The molecule has 0 unspecified atom stereocenters. The van der Waals surface area contributed by atoms with Gasteiger partial charge in [-0.3, -0.25) is 4.79 Å². The maximum absolute atomic E-state index is 12.9. The molecular weight excluding hydrogens is 332 g/mol. The summed E-state index contributed by atoms with van der Waals surface area (Å²) < 4.78 is 10.5. The van der Waals surface area contributed by atoms with Crippen molar-refractivity contribution < 1.29 is 24.2 Å². The largest absolute Gasteiger partial charge is 0.508 e. The van der Waals surface area contributed by atoms with Gasteiger partial charge in [0.2, 0.25) is 0 Å². The number of methoxy groups -OCH3 is 1. The van der Waals surface area contributed by atoms with E-state index in [-0.39, 0.29) is 22.7 Å². The van der Waals surface area contributed by atoms with E-state index < -0.39 is 5.97 Å². The van der Waals surface area contributed by atoms with Crippen molar-refractivity contribution in [2.45, 2.75) is 0 Å². The third-order valence-corrected chi connectivity index (χ3v) is 3.77. The molecule has 0 aliphatic rings. The zero-order chi connectivity index (χ0) is 18.5. The summed E-state index contributed by atoms with van der Waals surface area (Å²) in [5.74, 6) is -0.125. The van der Waals surface area contributed by atoms with E-state index in [0.717, 1.165) is 0 Å². The molecule has 0 saturated heterocycles. The lowest BCUT2D eigenvalue weighted by atomic mass is 9.98. The van der Waals surface area contributed by atoms with Crippen LogP contribution in [0.15, 0.2) is 72.8 Å². The lowest BCUT2D eigenvalue weighted by molar-refractivity contribution is 0.0730. The van der Waals surface area contributed by atoms with Crippen molar-refractivity contribution in [3.63, 3.8) is 0 Å². The fourth-order valence-corrected chi connectivity index (χ4v) is 2.44. The molecule has 0 bridgehead atoms. The minimum Gasteiger partial charge on any atom is -0.508 e. The fraction of sp³-hybridized carbons (Fsp3) is 0.0476. The van der Waals surface area contributed by atoms with E-state index in [1.165, 1.54) is 43.5 Å². The smallest absolute Gasteiger partial charge is 0.344 e. The number of carbonyl (C=O) groups excluding carboxylic acids is 2. The highest BCUT2D eigenvalue weighted by Crippen LogP contribution is 2.23. The summed E-state index contributed by atoms with van der Waals surface area (Å²) in [6, 6.07) is 19.0. The third-order valence-electron chi connectivity index (χ3n) is 3.77. The van der Waals surface area contributed by atoms with Crippen LogP contribution in [0.25, 0.3) is 0 Å². The van der Waals surface area contributed by atoms with Crippen molar-refractivity contribution >= 4 is 11.8 Å². The van der Waals surface area contributed by atoms with Gasteiger partial charge in [-0.05, 0) is 54.6 Å². The number of carbonyl (C=O) groups is 2.